The van der Waals surface area contributed by atoms with Gasteiger partial charge in [-0.2, -0.15) is 0 Å². The number of rotatable bonds is 2. The van der Waals surface area contributed by atoms with Gasteiger partial charge in [-0.25, -0.2) is 4.98 Å². The van der Waals surface area contributed by atoms with Crippen molar-refractivity contribution in [1.29, 1.82) is 0 Å². The Morgan fingerprint density at radius 3 is 2.56 bits per heavy atom. The summed E-state index contributed by atoms with van der Waals surface area (Å²) in [5.74, 6) is 1.12. The van der Waals surface area contributed by atoms with Gasteiger partial charge in [0.1, 0.15) is 5.82 Å². The molecule has 1 aromatic heterocycles. The van der Waals surface area contributed by atoms with Crippen LogP contribution in [0.3, 0.4) is 0 Å². The number of pyridine rings is 1. The molecular weight excluding hydrogens is 198 g/mol. The van der Waals surface area contributed by atoms with Crippen molar-refractivity contribution in [2.45, 2.75) is 39.2 Å². The Kier molecular flexibility index (Phi) is 3.78. The van der Waals surface area contributed by atoms with Crippen molar-refractivity contribution in [2.75, 3.05) is 18.0 Å². The molecule has 0 amide bonds. The van der Waals surface area contributed by atoms with E-state index < -0.39 is 0 Å². The minimum atomic E-state index is 0.589. The lowest BCUT2D eigenvalue weighted by Gasteiger charge is -2.24. The SMILES string of the molecule is Cc1ccnc(N2CCCCCC2)c1CN. The fourth-order valence-electron chi connectivity index (χ4n) is 2.38. The van der Waals surface area contributed by atoms with E-state index >= 15 is 0 Å². The van der Waals surface area contributed by atoms with E-state index in [1.807, 2.05) is 12.3 Å². The summed E-state index contributed by atoms with van der Waals surface area (Å²) in [5, 5.41) is 0. The Morgan fingerprint density at radius 1 is 1.25 bits per heavy atom. The highest BCUT2D eigenvalue weighted by molar-refractivity contribution is 5.50. The average Bonchev–Trinajstić information content (AvgIpc) is 2.57. The normalized spacial score (nSPS) is 17.2. The van der Waals surface area contributed by atoms with Crippen LogP contribution in [0.5, 0.6) is 0 Å². The minimum absolute atomic E-state index is 0.589. The molecule has 2 heterocycles. The third-order valence-corrected chi connectivity index (χ3v) is 3.38. The first-order valence-electron chi connectivity index (χ1n) is 6.22. The molecule has 88 valence electrons. The van der Waals surface area contributed by atoms with Crippen LogP contribution in [-0.4, -0.2) is 18.1 Å². The second-order valence-electron chi connectivity index (χ2n) is 4.54. The lowest BCUT2D eigenvalue weighted by atomic mass is 10.1. The summed E-state index contributed by atoms with van der Waals surface area (Å²) in [5.41, 5.74) is 8.30. The quantitative estimate of drug-likeness (QED) is 0.829. The molecule has 0 spiro atoms. The van der Waals surface area contributed by atoms with Gasteiger partial charge in [0.05, 0.1) is 0 Å². The van der Waals surface area contributed by atoms with Crippen LogP contribution in [0, 0.1) is 6.92 Å². The highest BCUT2D eigenvalue weighted by atomic mass is 15.2. The van der Waals surface area contributed by atoms with Crippen LogP contribution in [0.25, 0.3) is 0 Å². The first-order valence-corrected chi connectivity index (χ1v) is 6.22. The van der Waals surface area contributed by atoms with E-state index in [1.54, 1.807) is 0 Å². The van der Waals surface area contributed by atoms with E-state index in [0.717, 1.165) is 18.9 Å². The molecule has 0 unspecified atom stereocenters. The molecule has 3 heteroatoms. The Hall–Kier alpha value is -1.09. The van der Waals surface area contributed by atoms with Crippen molar-refractivity contribution in [1.82, 2.24) is 4.98 Å². The van der Waals surface area contributed by atoms with Gasteiger partial charge in [-0.05, 0) is 31.4 Å². The molecule has 0 bridgehead atoms. The summed E-state index contributed by atoms with van der Waals surface area (Å²) >= 11 is 0. The molecule has 16 heavy (non-hydrogen) atoms. The predicted molar refractivity (Wildman–Crippen MR) is 67.5 cm³/mol. The molecule has 2 rings (SSSR count). The Bertz CT molecular complexity index is 341. The number of aryl methyl sites for hydroxylation is 1. The maximum absolute atomic E-state index is 5.83. The van der Waals surface area contributed by atoms with Gasteiger partial charge >= 0.3 is 0 Å². The van der Waals surface area contributed by atoms with Crippen LogP contribution >= 0.6 is 0 Å². The zero-order valence-corrected chi connectivity index (χ0v) is 10.1. The van der Waals surface area contributed by atoms with E-state index in [4.69, 9.17) is 5.73 Å². The number of aromatic nitrogens is 1. The fraction of sp³-hybridized carbons (Fsp3) is 0.615. The molecule has 0 aromatic carbocycles. The van der Waals surface area contributed by atoms with E-state index in [9.17, 15) is 0 Å². The summed E-state index contributed by atoms with van der Waals surface area (Å²) in [6.07, 6.45) is 7.15. The second kappa shape index (κ2) is 5.30. The van der Waals surface area contributed by atoms with Crippen LogP contribution in [-0.2, 0) is 6.54 Å². The Labute approximate surface area is 97.7 Å². The minimum Gasteiger partial charge on any atom is -0.356 e. The summed E-state index contributed by atoms with van der Waals surface area (Å²) in [6, 6.07) is 2.05. The van der Waals surface area contributed by atoms with Crippen molar-refractivity contribution < 1.29 is 0 Å². The van der Waals surface area contributed by atoms with E-state index in [2.05, 4.69) is 16.8 Å². The summed E-state index contributed by atoms with van der Waals surface area (Å²) < 4.78 is 0. The number of nitrogens with two attached hydrogens (primary N) is 1. The van der Waals surface area contributed by atoms with Crippen molar-refractivity contribution in [3.63, 3.8) is 0 Å². The largest absolute Gasteiger partial charge is 0.356 e. The number of nitrogens with zero attached hydrogens (tertiary/aromatic N) is 2. The van der Waals surface area contributed by atoms with E-state index in [0.29, 0.717) is 6.54 Å². The number of hydrogen-bond acceptors (Lipinski definition) is 3. The van der Waals surface area contributed by atoms with Crippen molar-refractivity contribution in [2.24, 2.45) is 5.73 Å². The van der Waals surface area contributed by atoms with Gasteiger partial charge in [0.25, 0.3) is 0 Å². The average molecular weight is 219 g/mol. The molecule has 1 saturated heterocycles. The maximum atomic E-state index is 5.83. The van der Waals surface area contributed by atoms with Gasteiger partial charge in [-0.15, -0.1) is 0 Å². The molecule has 0 saturated carbocycles. The molecule has 2 N–H and O–H groups in total. The number of hydrogen-bond donors (Lipinski definition) is 1. The fourth-order valence-corrected chi connectivity index (χ4v) is 2.38. The lowest BCUT2D eigenvalue weighted by molar-refractivity contribution is 0.726. The second-order valence-corrected chi connectivity index (χ2v) is 4.54. The smallest absolute Gasteiger partial charge is 0.133 e. The summed E-state index contributed by atoms with van der Waals surface area (Å²) in [7, 11) is 0. The molecule has 0 aliphatic carbocycles. The Morgan fingerprint density at radius 2 is 1.94 bits per heavy atom. The molecule has 1 fully saturated rings. The van der Waals surface area contributed by atoms with E-state index in [-0.39, 0.29) is 0 Å². The van der Waals surface area contributed by atoms with Gasteiger partial charge in [-0.3, -0.25) is 0 Å². The van der Waals surface area contributed by atoms with Crippen molar-refractivity contribution in [3.8, 4) is 0 Å². The summed E-state index contributed by atoms with van der Waals surface area (Å²) in [6.45, 7) is 4.96. The molecule has 3 nitrogen and oxygen atoms in total. The van der Waals surface area contributed by atoms with Crippen molar-refractivity contribution >= 4 is 5.82 Å². The van der Waals surface area contributed by atoms with Crippen molar-refractivity contribution in [3.05, 3.63) is 23.4 Å². The standard InChI is InChI=1S/C13H21N3/c1-11-6-7-15-13(12(11)10-14)16-8-4-2-3-5-9-16/h6-7H,2-5,8-10,14H2,1H3. The van der Waals surface area contributed by atoms with Gasteiger partial charge in [-0.1, -0.05) is 12.8 Å². The molecular formula is C13H21N3. The molecule has 1 aliphatic heterocycles. The van der Waals surface area contributed by atoms with Crippen LogP contribution in [0.4, 0.5) is 5.82 Å². The molecule has 1 aromatic rings. The highest BCUT2D eigenvalue weighted by Crippen LogP contribution is 2.23. The highest BCUT2D eigenvalue weighted by Gasteiger charge is 2.15. The zero-order valence-electron chi connectivity index (χ0n) is 10.1. The Balaban J connectivity index is 2.27. The molecule has 0 radical (unpaired) electrons. The van der Waals surface area contributed by atoms with Gasteiger partial charge in [0.15, 0.2) is 0 Å². The van der Waals surface area contributed by atoms with Crippen LogP contribution in [0.1, 0.15) is 36.8 Å². The van der Waals surface area contributed by atoms with Crippen LogP contribution in [0.15, 0.2) is 12.3 Å². The predicted octanol–water partition coefficient (Wildman–Crippen LogP) is 2.23. The monoisotopic (exact) mass is 219 g/mol. The topological polar surface area (TPSA) is 42.2 Å². The molecule has 1 aliphatic rings. The first kappa shape index (κ1) is 11.4. The lowest BCUT2D eigenvalue weighted by Crippen LogP contribution is -2.27. The van der Waals surface area contributed by atoms with Gasteiger partial charge < -0.3 is 10.6 Å². The maximum Gasteiger partial charge on any atom is 0.133 e. The zero-order chi connectivity index (χ0) is 11.4. The first-order chi connectivity index (χ1) is 7.83. The van der Waals surface area contributed by atoms with E-state index in [1.165, 1.54) is 36.8 Å². The van der Waals surface area contributed by atoms with Crippen LogP contribution in [0.2, 0.25) is 0 Å². The van der Waals surface area contributed by atoms with Crippen LogP contribution < -0.4 is 10.6 Å². The summed E-state index contributed by atoms with van der Waals surface area (Å²) in [4.78, 5) is 6.93. The van der Waals surface area contributed by atoms with Gasteiger partial charge in [0, 0.05) is 31.4 Å². The third kappa shape index (κ3) is 2.35. The van der Waals surface area contributed by atoms with Gasteiger partial charge in [0.2, 0.25) is 0 Å². The molecule has 0 atom stereocenters. The number of anilines is 1. The third-order valence-electron chi connectivity index (χ3n) is 3.38.